The molecule has 6 heteroatoms. The molecule has 0 aliphatic carbocycles. The first-order chi connectivity index (χ1) is 9.41. The van der Waals surface area contributed by atoms with Crippen LogP contribution in [0.1, 0.15) is 36.0 Å². The Labute approximate surface area is 115 Å². The normalized spacial score (nSPS) is 31.2. The lowest BCUT2D eigenvalue weighted by molar-refractivity contribution is 0.0896. The Kier molecular flexibility index (Phi) is 3.16. The van der Waals surface area contributed by atoms with Crippen LogP contribution in [0, 0.1) is 17.6 Å². The molecule has 2 saturated heterocycles. The predicted octanol–water partition coefficient (Wildman–Crippen LogP) is 2.50. The molecule has 2 heterocycles. The minimum absolute atomic E-state index is 0.186. The summed E-state index contributed by atoms with van der Waals surface area (Å²) in [6.07, 6.45) is 1.48. The Morgan fingerprint density at radius 1 is 1.05 bits per heavy atom. The highest BCUT2D eigenvalue weighted by atomic mass is 32.2. The lowest BCUT2D eigenvalue weighted by atomic mass is 9.90. The summed E-state index contributed by atoms with van der Waals surface area (Å²) < 4.78 is 51.2. The molecule has 0 saturated carbocycles. The fraction of sp³-hybridized carbons (Fsp3) is 0.500. The summed E-state index contributed by atoms with van der Waals surface area (Å²) >= 11 is 0. The van der Waals surface area contributed by atoms with Crippen LogP contribution in [0.3, 0.4) is 0 Å². The van der Waals surface area contributed by atoms with Gasteiger partial charge in [-0.3, -0.25) is 4.79 Å². The molecule has 2 fully saturated rings. The zero-order chi connectivity index (χ0) is 14.5. The maximum Gasteiger partial charge on any atom is 0.171 e. The number of halogens is 2. The lowest BCUT2D eigenvalue weighted by Gasteiger charge is -2.27. The standard InChI is InChI=1S/C14H14F2O3S/c15-11-2-1-3-12(16)13(11)14(17)8-6-9-4-5-10(7-8)20(9,18)19/h1-3,8-10H,4-7H2. The number of rotatable bonds is 2. The van der Waals surface area contributed by atoms with Gasteiger partial charge in [-0.1, -0.05) is 6.07 Å². The average Bonchev–Trinajstić information content (AvgIpc) is 2.57. The number of carbonyl (C=O) groups is 1. The number of benzene rings is 1. The fourth-order valence-corrected chi connectivity index (χ4v) is 5.83. The second-order valence-corrected chi connectivity index (χ2v) is 8.05. The van der Waals surface area contributed by atoms with Crippen LogP contribution in [0.4, 0.5) is 8.78 Å². The Balaban J connectivity index is 1.91. The highest BCUT2D eigenvalue weighted by Gasteiger charge is 2.48. The van der Waals surface area contributed by atoms with E-state index in [1.165, 1.54) is 6.07 Å². The van der Waals surface area contributed by atoms with Crippen LogP contribution in [-0.2, 0) is 9.84 Å². The summed E-state index contributed by atoms with van der Waals surface area (Å²) in [4.78, 5) is 12.3. The van der Waals surface area contributed by atoms with E-state index in [0.717, 1.165) is 12.1 Å². The quantitative estimate of drug-likeness (QED) is 0.789. The van der Waals surface area contributed by atoms with Crippen molar-refractivity contribution in [3.8, 4) is 0 Å². The van der Waals surface area contributed by atoms with E-state index in [9.17, 15) is 22.0 Å². The first-order valence-corrected chi connectivity index (χ1v) is 8.23. The van der Waals surface area contributed by atoms with E-state index < -0.39 is 49.2 Å². The Bertz CT molecular complexity index is 629. The van der Waals surface area contributed by atoms with Crippen LogP contribution in [0.2, 0.25) is 0 Å². The van der Waals surface area contributed by atoms with Gasteiger partial charge in [0.25, 0.3) is 0 Å². The van der Waals surface area contributed by atoms with Gasteiger partial charge in [-0.05, 0) is 37.8 Å². The third-order valence-corrected chi connectivity index (χ3v) is 7.13. The minimum atomic E-state index is -3.14. The van der Waals surface area contributed by atoms with Crippen LogP contribution < -0.4 is 0 Å². The monoisotopic (exact) mass is 300 g/mol. The van der Waals surface area contributed by atoms with Gasteiger partial charge in [-0.2, -0.15) is 0 Å². The molecule has 2 bridgehead atoms. The molecule has 0 aromatic heterocycles. The van der Waals surface area contributed by atoms with Gasteiger partial charge >= 0.3 is 0 Å². The minimum Gasteiger partial charge on any atom is -0.294 e. The number of hydrogen-bond acceptors (Lipinski definition) is 3. The molecule has 108 valence electrons. The summed E-state index contributed by atoms with van der Waals surface area (Å²) in [5.74, 6) is -2.96. The third kappa shape index (κ3) is 1.97. The topological polar surface area (TPSA) is 51.2 Å². The van der Waals surface area contributed by atoms with E-state index in [-0.39, 0.29) is 12.8 Å². The van der Waals surface area contributed by atoms with Gasteiger partial charge in [0.2, 0.25) is 0 Å². The van der Waals surface area contributed by atoms with Crippen molar-refractivity contribution in [3.63, 3.8) is 0 Å². The lowest BCUT2D eigenvalue weighted by Crippen LogP contribution is -2.36. The van der Waals surface area contributed by atoms with Crippen LogP contribution >= 0.6 is 0 Å². The summed E-state index contributed by atoms with van der Waals surface area (Å²) in [7, 11) is -3.14. The number of ketones is 1. The van der Waals surface area contributed by atoms with E-state index in [1.807, 2.05) is 0 Å². The molecule has 3 nitrogen and oxygen atoms in total. The molecule has 0 amide bonds. The smallest absolute Gasteiger partial charge is 0.171 e. The van der Waals surface area contributed by atoms with Crippen molar-refractivity contribution in [2.45, 2.75) is 36.2 Å². The predicted molar refractivity (Wildman–Crippen MR) is 69.1 cm³/mol. The van der Waals surface area contributed by atoms with Gasteiger partial charge in [0.15, 0.2) is 15.6 Å². The van der Waals surface area contributed by atoms with Crippen LogP contribution in [0.5, 0.6) is 0 Å². The van der Waals surface area contributed by atoms with E-state index in [1.54, 1.807) is 0 Å². The van der Waals surface area contributed by atoms with E-state index in [2.05, 4.69) is 0 Å². The highest BCUT2D eigenvalue weighted by Crippen LogP contribution is 2.42. The number of fused-ring (bicyclic) bond motifs is 2. The van der Waals surface area contributed by atoms with Crippen molar-refractivity contribution >= 4 is 15.6 Å². The molecular formula is C14H14F2O3S. The van der Waals surface area contributed by atoms with Gasteiger partial charge in [0.1, 0.15) is 11.6 Å². The maximum atomic E-state index is 13.6. The number of Topliss-reactive ketones (excluding diaryl/α,β-unsaturated/α-hetero) is 1. The zero-order valence-corrected chi connectivity index (χ0v) is 11.5. The maximum absolute atomic E-state index is 13.6. The van der Waals surface area contributed by atoms with Gasteiger partial charge in [0, 0.05) is 5.92 Å². The van der Waals surface area contributed by atoms with Gasteiger partial charge in [-0.25, -0.2) is 17.2 Å². The van der Waals surface area contributed by atoms with E-state index >= 15 is 0 Å². The van der Waals surface area contributed by atoms with Gasteiger partial charge in [-0.15, -0.1) is 0 Å². The largest absolute Gasteiger partial charge is 0.294 e. The molecule has 2 atom stereocenters. The fourth-order valence-electron chi connectivity index (χ4n) is 3.36. The van der Waals surface area contributed by atoms with Gasteiger partial charge in [0.05, 0.1) is 16.1 Å². The van der Waals surface area contributed by atoms with Crippen molar-refractivity contribution in [1.82, 2.24) is 0 Å². The molecule has 20 heavy (non-hydrogen) atoms. The molecule has 2 unspecified atom stereocenters. The zero-order valence-electron chi connectivity index (χ0n) is 10.7. The van der Waals surface area contributed by atoms with E-state index in [4.69, 9.17) is 0 Å². The van der Waals surface area contributed by atoms with Crippen molar-refractivity contribution in [2.75, 3.05) is 0 Å². The van der Waals surface area contributed by atoms with Gasteiger partial charge < -0.3 is 0 Å². The second kappa shape index (κ2) is 4.62. The molecule has 2 aliphatic heterocycles. The van der Waals surface area contributed by atoms with Crippen LogP contribution in [0.15, 0.2) is 18.2 Å². The molecule has 1 aromatic rings. The van der Waals surface area contributed by atoms with Crippen molar-refractivity contribution in [1.29, 1.82) is 0 Å². The van der Waals surface area contributed by atoms with Crippen molar-refractivity contribution in [3.05, 3.63) is 35.4 Å². The highest BCUT2D eigenvalue weighted by molar-refractivity contribution is 7.93. The first-order valence-electron chi connectivity index (χ1n) is 6.62. The number of sulfone groups is 1. The number of hydrogen-bond donors (Lipinski definition) is 0. The summed E-state index contributed by atoms with van der Waals surface area (Å²) in [6.45, 7) is 0. The summed E-state index contributed by atoms with van der Waals surface area (Å²) in [5, 5.41) is -1.05. The third-order valence-electron chi connectivity index (χ3n) is 4.41. The molecule has 0 radical (unpaired) electrons. The molecule has 1 aromatic carbocycles. The first kappa shape index (κ1) is 13.7. The number of carbonyl (C=O) groups excluding carboxylic acids is 1. The molecule has 2 aliphatic rings. The van der Waals surface area contributed by atoms with E-state index in [0.29, 0.717) is 12.8 Å². The summed E-state index contributed by atoms with van der Waals surface area (Å²) in [5.41, 5.74) is -0.531. The second-order valence-electron chi connectivity index (χ2n) is 5.54. The molecule has 0 N–H and O–H groups in total. The molecule has 3 rings (SSSR count). The average molecular weight is 300 g/mol. The summed E-state index contributed by atoms with van der Waals surface area (Å²) in [6, 6.07) is 3.30. The molecule has 0 spiro atoms. The van der Waals surface area contributed by atoms with Crippen molar-refractivity contribution < 1.29 is 22.0 Å². The van der Waals surface area contributed by atoms with Crippen LogP contribution in [0.25, 0.3) is 0 Å². The SMILES string of the molecule is O=C(c1c(F)cccc1F)C1CC2CCC(C1)S2(=O)=O. The Morgan fingerprint density at radius 3 is 2.05 bits per heavy atom. The molecular weight excluding hydrogens is 286 g/mol. The Hall–Kier alpha value is -1.30. The van der Waals surface area contributed by atoms with Crippen LogP contribution in [-0.4, -0.2) is 24.7 Å². The Morgan fingerprint density at radius 2 is 1.55 bits per heavy atom. The van der Waals surface area contributed by atoms with Crippen molar-refractivity contribution in [2.24, 2.45) is 5.92 Å².